The Balaban J connectivity index is 1.93. The van der Waals surface area contributed by atoms with Gasteiger partial charge in [-0.15, -0.1) is 0 Å². The summed E-state index contributed by atoms with van der Waals surface area (Å²) in [6.45, 7) is 0. The van der Waals surface area contributed by atoms with E-state index < -0.39 is 20.8 Å². The zero-order valence-corrected chi connectivity index (χ0v) is 16.4. The number of carbonyl (C=O) groups is 1. The monoisotopic (exact) mass is 386 g/mol. The predicted octanol–water partition coefficient (Wildman–Crippen LogP) is 1.63. The summed E-state index contributed by atoms with van der Waals surface area (Å²) < 4.78 is 37.7. The maximum absolute atomic E-state index is 12.2. The van der Waals surface area contributed by atoms with Gasteiger partial charge >= 0.3 is 0 Å². The second-order valence-electron chi connectivity index (χ2n) is 6.57. The summed E-state index contributed by atoms with van der Waals surface area (Å²) >= 11 is 0. The summed E-state index contributed by atoms with van der Waals surface area (Å²) in [5.41, 5.74) is 0.645. The standard InChI is InChI=1S/C17H26N2O4S2/c1-19(2)25(22,23)16-10-6-7-14(11-16)12-24(21)13-17(20)18-15-8-4-3-5-9-15/h6-7,10-11,15H,3-5,8-9,12-13H2,1-2H3,(H,18,20)/t24-/m0/s1. The van der Waals surface area contributed by atoms with Crippen LogP contribution in [0.5, 0.6) is 0 Å². The lowest BCUT2D eigenvalue weighted by molar-refractivity contribution is -0.119. The molecule has 2 rings (SSSR count). The summed E-state index contributed by atoms with van der Waals surface area (Å²) in [6, 6.07) is 6.59. The minimum absolute atomic E-state index is 0.0544. The Labute approximate surface area is 152 Å². The first-order valence-electron chi connectivity index (χ1n) is 8.45. The molecule has 1 fully saturated rings. The number of nitrogens with one attached hydrogen (secondary N) is 1. The summed E-state index contributed by atoms with van der Waals surface area (Å²) in [7, 11) is -1.96. The van der Waals surface area contributed by atoms with Crippen LogP contribution >= 0.6 is 0 Å². The molecule has 0 heterocycles. The van der Waals surface area contributed by atoms with Crippen LogP contribution in [0.15, 0.2) is 29.2 Å². The number of rotatable bonds is 7. The van der Waals surface area contributed by atoms with E-state index in [1.54, 1.807) is 12.1 Å². The Morgan fingerprint density at radius 1 is 1.24 bits per heavy atom. The average Bonchev–Trinajstić information content (AvgIpc) is 2.55. The molecule has 0 saturated heterocycles. The normalized spacial score (nSPS) is 17.4. The number of sulfonamides is 1. The van der Waals surface area contributed by atoms with Crippen LogP contribution < -0.4 is 5.32 Å². The largest absolute Gasteiger partial charge is 0.353 e. The summed E-state index contributed by atoms with van der Waals surface area (Å²) in [5, 5.41) is 2.95. The van der Waals surface area contributed by atoms with E-state index in [4.69, 9.17) is 0 Å². The zero-order valence-electron chi connectivity index (χ0n) is 14.7. The highest BCUT2D eigenvalue weighted by molar-refractivity contribution is 7.89. The van der Waals surface area contributed by atoms with Crippen molar-refractivity contribution in [3.63, 3.8) is 0 Å². The van der Waals surface area contributed by atoms with Crippen molar-refractivity contribution in [2.24, 2.45) is 0 Å². The van der Waals surface area contributed by atoms with Crippen LogP contribution in [0.4, 0.5) is 0 Å². The quantitative estimate of drug-likeness (QED) is 0.772. The molecule has 0 spiro atoms. The third kappa shape index (κ3) is 5.90. The molecule has 0 radical (unpaired) electrons. The van der Waals surface area contributed by atoms with Crippen LogP contribution in [0.1, 0.15) is 37.7 Å². The van der Waals surface area contributed by atoms with Crippen LogP contribution in [0.2, 0.25) is 0 Å². The van der Waals surface area contributed by atoms with Crippen molar-refractivity contribution >= 4 is 26.7 Å². The highest BCUT2D eigenvalue weighted by atomic mass is 32.2. The molecular weight excluding hydrogens is 360 g/mol. The van der Waals surface area contributed by atoms with Crippen molar-refractivity contribution in [1.82, 2.24) is 9.62 Å². The van der Waals surface area contributed by atoms with Crippen molar-refractivity contribution in [3.8, 4) is 0 Å². The van der Waals surface area contributed by atoms with Gasteiger partial charge in [0.2, 0.25) is 15.9 Å². The second-order valence-corrected chi connectivity index (χ2v) is 10.2. The van der Waals surface area contributed by atoms with Crippen molar-refractivity contribution in [2.75, 3.05) is 19.8 Å². The lowest BCUT2D eigenvalue weighted by Gasteiger charge is -2.22. The Hall–Kier alpha value is -1.25. The van der Waals surface area contributed by atoms with Gasteiger partial charge in [0.15, 0.2) is 0 Å². The van der Waals surface area contributed by atoms with Crippen molar-refractivity contribution in [2.45, 2.75) is 48.8 Å². The van der Waals surface area contributed by atoms with Crippen LogP contribution in [0, 0.1) is 0 Å². The number of hydrogen-bond donors (Lipinski definition) is 1. The van der Waals surface area contributed by atoms with Gasteiger partial charge in [-0.25, -0.2) is 12.7 Å². The number of nitrogens with zero attached hydrogens (tertiary/aromatic N) is 1. The van der Waals surface area contributed by atoms with Gasteiger partial charge in [0.05, 0.1) is 4.90 Å². The molecule has 1 aliphatic rings. The van der Waals surface area contributed by atoms with Crippen molar-refractivity contribution < 1.29 is 17.4 Å². The van der Waals surface area contributed by atoms with Crippen molar-refractivity contribution in [3.05, 3.63) is 29.8 Å². The molecule has 0 bridgehead atoms. The third-order valence-electron chi connectivity index (χ3n) is 4.27. The topological polar surface area (TPSA) is 83.6 Å². The van der Waals surface area contributed by atoms with Gasteiger partial charge in [0.1, 0.15) is 5.75 Å². The van der Waals surface area contributed by atoms with E-state index in [0.29, 0.717) is 5.56 Å². The number of amides is 1. The molecule has 0 aliphatic heterocycles. The highest BCUT2D eigenvalue weighted by Crippen LogP contribution is 2.18. The third-order valence-corrected chi connectivity index (χ3v) is 7.32. The van der Waals surface area contributed by atoms with Gasteiger partial charge in [0, 0.05) is 36.7 Å². The molecule has 140 valence electrons. The Morgan fingerprint density at radius 2 is 1.92 bits per heavy atom. The molecule has 0 unspecified atom stereocenters. The van der Waals surface area contributed by atoms with Gasteiger partial charge in [-0.05, 0) is 30.5 Å². The fourth-order valence-corrected chi connectivity index (χ4v) is 4.91. The van der Waals surface area contributed by atoms with Gasteiger partial charge < -0.3 is 5.32 Å². The summed E-state index contributed by atoms with van der Waals surface area (Å²) in [6.07, 6.45) is 5.44. The average molecular weight is 387 g/mol. The molecule has 1 atom stereocenters. The first-order valence-corrected chi connectivity index (χ1v) is 11.4. The van der Waals surface area contributed by atoms with Gasteiger partial charge in [-0.2, -0.15) is 0 Å². The fraction of sp³-hybridized carbons (Fsp3) is 0.588. The van der Waals surface area contributed by atoms with Crippen LogP contribution in [-0.2, 0) is 31.4 Å². The van der Waals surface area contributed by atoms with Crippen molar-refractivity contribution in [1.29, 1.82) is 0 Å². The van der Waals surface area contributed by atoms with Crippen LogP contribution in [-0.4, -0.2) is 48.7 Å². The molecule has 8 heteroatoms. The molecule has 1 amide bonds. The number of benzene rings is 1. The van der Waals surface area contributed by atoms with E-state index >= 15 is 0 Å². The SMILES string of the molecule is CN(C)S(=O)(=O)c1cccc(C[S@](=O)CC(=O)NC2CCCCC2)c1. The predicted molar refractivity (Wildman–Crippen MR) is 99.0 cm³/mol. The maximum atomic E-state index is 12.2. The van der Waals surface area contributed by atoms with Crippen LogP contribution in [0.3, 0.4) is 0 Å². The molecule has 1 aliphatic carbocycles. The smallest absolute Gasteiger partial charge is 0.242 e. The minimum atomic E-state index is -3.52. The van der Waals surface area contributed by atoms with Crippen LogP contribution in [0.25, 0.3) is 0 Å². The molecule has 1 saturated carbocycles. The fourth-order valence-electron chi connectivity index (χ4n) is 2.91. The Morgan fingerprint density at radius 3 is 2.56 bits per heavy atom. The van der Waals surface area contributed by atoms with E-state index in [9.17, 15) is 17.4 Å². The molecule has 0 aromatic heterocycles. The number of hydrogen-bond acceptors (Lipinski definition) is 4. The molecule has 1 aromatic carbocycles. The molecular formula is C17H26N2O4S2. The molecule has 1 aromatic rings. The second kappa shape index (κ2) is 8.91. The van der Waals surface area contributed by atoms with Gasteiger partial charge in [0.25, 0.3) is 0 Å². The van der Waals surface area contributed by atoms with E-state index in [0.717, 1.165) is 30.0 Å². The number of carbonyl (C=O) groups excluding carboxylic acids is 1. The van der Waals surface area contributed by atoms with E-state index in [1.807, 2.05) is 0 Å². The molecule has 25 heavy (non-hydrogen) atoms. The Bertz CT molecular complexity index is 726. The van der Waals surface area contributed by atoms with Gasteiger partial charge in [-0.1, -0.05) is 31.4 Å². The zero-order chi connectivity index (χ0) is 18.4. The molecule has 1 N–H and O–H groups in total. The maximum Gasteiger partial charge on any atom is 0.242 e. The summed E-state index contributed by atoms with van der Waals surface area (Å²) in [4.78, 5) is 12.2. The van der Waals surface area contributed by atoms with E-state index in [1.165, 1.54) is 32.6 Å². The summed E-state index contributed by atoms with van der Waals surface area (Å²) in [5.74, 6) is -0.0851. The lowest BCUT2D eigenvalue weighted by atomic mass is 9.95. The first-order chi connectivity index (χ1) is 11.8. The van der Waals surface area contributed by atoms with Gasteiger partial charge in [-0.3, -0.25) is 9.00 Å². The first kappa shape index (κ1) is 20.1. The molecule has 6 nitrogen and oxygen atoms in total. The van der Waals surface area contributed by atoms with E-state index in [-0.39, 0.29) is 28.4 Å². The lowest BCUT2D eigenvalue weighted by Crippen LogP contribution is -2.38. The Kier molecular flexibility index (Phi) is 7.15. The van der Waals surface area contributed by atoms with E-state index in [2.05, 4.69) is 5.32 Å². The minimum Gasteiger partial charge on any atom is -0.353 e. The highest BCUT2D eigenvalue weighted by Gasteiger charge is 2.19.